The van der Waals surface area contributed by atoms with Crippen molar-refractivity contribution >= 4 is 17.1 Å². The maximum atomic E-state index is 13.2. The molecular weight excluding hydrogens is 845 g/mol. The number of hydrogen-bond donors (Lipinski definition) is 2. The molecule has 2 saturated heterocycles. The van der Waals surface area contributed by atoms with Crippen LogP contribution in [0, 0.1) is 0 Å². The second-order valence-corrected chi connectivity index (χ2v) is 27.3. The van der Waals surface area contributed by atoms with Gasteiger partial charge in [0.25, 0.3) is 0 Å². The lowest BCUT2D eigenvalue weighted by Gasteiger charge is -2.52. The molecule has 11 nitrogen and oxygen atoms in total. The minimum absolute atomic E-state index is 0.0123. The van der Waals surface area contributed by atoms with Gasteiger partial charge in [0.2, 0.25) is 0 Å². The molecule has 0 unspecified atom stereocenters. The standard InChI is InChI=1S/C51H72O11Si2/c1-37(2)63(38(3)4)59-35-47-49(61-64(62-63,39(5)6)40(7)8)51(53,36-54-30-41-21-13-9-14-22-41)50(60-47)58-34-46(56-32-43-25-17-11-18-26-43)48(57-33-44-27-19-12-20-28-44)45(29-52)55-31-42-23-15-10-16-24-42/h9-28,37-40,45-50,52-53H,29-36H2,1-8H3/t45-,46+,47-,48-,49-,50-,51-/m1/s1. The van der Waals surface area contributed by atoms with E-state index >= 15 is 0 Å². The fourth-order valence-electron chi connectivity index (χ4n) is 8.92. The predicted molar refractivity (Wildman–Crippen MR) is 252 cm³/mol. The van der Waals surface area contributed by atoms with Crippen LogP contribution in [0.2, 0.25) is 22.2 Å². The first kappa shape index (κ1) is 50.3. The first-order chi connectivity index (χ1) is 30.8. The predicted octanol–water partition coefficient (Wildman–Crippen LogP) is 9.38. The molecular formula is C51H72O11Si2. The molecule has 64 heavy (non-hydrogen) atoms. The van der Waals surface area contributed by atoms with Gasteiger partial charge >= 0.3 is 17.1 Å². The Morgan fingerprint density at radius 3 is 1.48 bits per heavy atom. The highest BCUT2D eigenvalue weighted by atomic mass is 28.5. The Labute approximate surface area is 383 Å². The fourth-order valence-corrected chi connectivity index (χ4v) is 20.2. The lowest BCUT2D eigenvalue weighted by Crippen LogP contribution is -2.68. The Balaban J connectivity index is 1.36. The van der Waals surface area contributed by atoms with Crippen LogP contribution in [0.3, 0.4) is 0 Å². The second kappa shape index (κ2) is 23.6. The summed E-state index contributed by atoms with van der Waals surface area (Å²) in [5.74, 6) is 0. The van der Waals surface area contributed by atoms with E-state index in [1.807, 2.05) is 121 Å². The molecule has 350 valence electrons. The number of fused-ring (bicyclic) bond motifs is 1. The summed E-state index contributed by atoms with van der Waals surface area (Å²) < 4.78 is 61.9. The van der Waals surface area contributed by atoms with Crippen LogP contribution >= 0.6 is 0 Å². The Morgan fingerprint density at radius 2 is 1.03 bits per heavy atom. The number of hydrogen-bond acceptors (Lipinski definition) is 11. The van der Waals surface area contributed by atoms with Gasteiger partial charge in [0.05, 0.1) is 52.9 Å². The zero-order valence-electron chi connectivity index (χ0n) is 39.0. The van der Waals surface area contributed by atoms with E-state index in [4.69, 9.17) is 41.4 Å². The average Bonchev–Trinajstić information content (AvgIpc) is 3.54. The van der Waals surface area contributed by atoms with E-state index in [1.54, 1.807) is 0 Å². The molecule has 2 fully saturated rings. The van der Waals surface area contributed by atoms with E-state index in [-0.39, 0.29) is 75.0 Å². The van der Waals surface area contributed by atoms with Crippen molar-refractivity contribution in [3.63, 3.8) is 0 Å². The van der Waals surface area contributed by atoms with E-state index in [0.717, 1.165) is 22.3 Å². The maximum Gasteiger partial charge on any atom is 0.335 e. The van der Waals surface area contributed by atoms with Gasteiger partial charge in [-0.3, -0.25) is 0 Å². The molecule has 0 saturated carbocycles. The van der Waals surface area contributed by atoms with E-state index < -0.39 is 59.5 Å². The van der Waals surface area contributed by atoms with Crippen molar-refractivity contribution in [3.8, 4) is 0 Å². The number of aliphatic hydroxyl groups is 2. The van der Waals surface area contributed by atoms with Gasteiger partial charge in [-0.1, -0.05) is 177 Å². The van der Waals surface area contributed by atoms with Crippen LogP contribution in [0.4, 0.5) is 0 Å². The molecule has 0 spiro atoms. The second-order valence-electron chi connectivity index (χ2n) is 18.4. The molecule has 2 aliphatic rings. The van der Waals surface area contributed by atoms with Crippen molar-refractivity contribution < 1.29 is 51.6 Å². The molecule has 7 atom stereocenters. The third-order valence-electron chi connectivity index (χ3n) is 12.5. The first-order valence-corrected chi connectivity index (χ1v) is 27.0. The van der Waals surface area contributed by atoms with E-state index in [9.17, 15) is 10.2 Å². The quantitative estimate of drug-likeness (QED) is 0.0693. The van der Waals surface area contributed by atoms with Gasteiger partial charge in [-0.15, -0.1) is 0 Å². The summed E-state index contributed by atoms with van der Waals surface area (Å²) in [5.41, 5.74) is 2.26. The van der Waals surface area contributed by atoms with Crippen molar-refractivity contribution in [1.29, 1.82) is 0 Å². The van der Waals surface area contributed by atoms with Crippen molar-refractivity contribution in [2.24, 2.45) is 0 Å². The zero-order valence-corrected chi connectivity index (χ0v) is 41.0. The fraction of sp³-hybridized carbons (Fsp3) is 0.529. The van der Waals surface area contributed by atoms with Crippen molar-refractivity contribution in [3.05, 3.63) is 144 Å². The van der Waals surface area contributed by atoms with E-state index in [2.05, 4.69) is 55.4 Å². The lowest BCUT2D eigenvalue weighted by atomic mass is 9.96. The van der Waals surface area contributed by atoms with Gasteiger partial charge in [0.1, 0.15) is 30.5 Å². The van der Waals surface area contributed by atoms with Crippen LogP contribution in [-0.4, -0.2) is 96.2 Å². The molecule has 0 radical (unpaired) electrons. The van der Waals surface area contributed by atoms with Crippen molar-refractivity contribution in [2.75, 3.05) is 26.4 Å². The van der Waals surface area contributed by atoms with Crippen LogP contribution < -0.4 is 0 Å². The van der Waals surface area contributed by atoms with Gasteiger partial charge in [0.15, 0.2) is 11.9 Å². The minimum Gasteiger partial charge on any atom is -0.414 e. The normalized spacial score (nSPS) is 23.5. The summed E-state index contributed by atoms with van der Waals surface area (Å²) in [6.45, 7) is 17.8. The molecule has 2 heterocycles. The molecule has 0 bridgehead atoms. The van der Waals surface area contributed by atoms with E-state index in [1.165, 1.54) is 0 Å². The first-order valence-electron chi connectivity index (χ1n) is 23.0. The monoisotopic (exact) mass is 916 g/mol. The van der Waals surface area contributed by atoms with Gasteiger partial charge < -0.3 is 51.6 Å². The third-order valence-corrected chi connectivity index (χ3v) is 22.8. The van der Waals surface area contributed by atoms with Gasteiger partial charge in [-0.05, 0) is 44.4 Å². The van der Waals surface area contributed by atoms with E-state index in [0.29, 0.717) is 0 Å². The van der Waals surface area contributed by atoms with Crippen LogP contribution in [0.25, 0.3) is 0 Å². The van der Waals surface area contributed by atoms with Crippen molar-refractivity contribution in [2.45, 2.75) is 146 Å². The van der Waals surface area contributed by atoms with Crippen LogP contribution in [-0.2, 0) is 67.8 Å². The molecule has 0 aliphatic carbocycles. The van der Waals surface area contributed by atoms with Gasteiger partial charge in [-0.25, -0.2) is 0 Å². The highest BCUT2D eigenvalue weighted by Gasteiger charge is 2.66. The number of rotatable bonds is 23. The summed E-state index contributed by atoms with van der Waals surface area (Å²) in [6, 6.07) is 39.4. The average molecular weight is 917 g/mol. The molecule has 2 aliphatic heterocycles. The molecule has 0 aromatic heterocycles. The highest BCUT2D eigenvalue weighted by molar-refractivity contribution is 6.84. The summed E-state index contributed by atoms with van der Waals surface area (Å²) in [5, 5.41) is 24.2. The zero-order chi connectivity index (χ0) is 45.7. The lowest BCUT2D eigenvalue weighted by molar-refractivity contribution is -0.246. The van der Waals surface area contributed by atoms with Gasteiger partial charge in [0, 0.05) is 0 Å². The summed E-state index contributed by atoms with van der Waals surface area (Å²) in [6.07, 6.45) is -5.32. The third kappa shape index (κ3) is 12.3. The Morgan fingerprint density at radius 1 is 0.594 bits per heavy atom. The molecule has 4 aromatic rings. The Kier molecular flexibility index (Phi) is 18.5. The Hall–Kier alpha value is -3.13. The molecule has 6 rings (SSSR count). The SMILES string of the molecule is CC(C)[Si]1(C(C)C)OC[C@H]2O[C@@H](OC[C@H](OCc3ccccc3)[C@H](OCc3ccccc3)[C@@H](CO)OCc3ccccc3)[C@@](O)(COCc3ccccc3)[C@@H]2O[Si](C(C)C)(C(C)C)O1. The number of aliphatic hydroxyl groups excluding tert-OH is 1. The molecule has 2 N–H and O–H groups in total. The highest BCUT2D eigenvalue weighted by Crippen LogP contribution is 2.49. The van der Waals surface area contributed by atoms with Crippen molar-refractivity contribution in [1.82, 2.24) is 0 Å². The van der Waals surface area contributed by atoms with Crippen LogP contribution in [0.1, 0.15) is 77.6 Å². The van der Waals surface area contributed by atoms with Gasteiger partial charge in [-0.2, -0.15) is 0 Å². The molecule has 0 amide bonds. The summed E-state index contributed by atoms with van der Waals surface area (Å²) in [7, 11) is -6.14. The summed E-state index contributed by atoms with van der Waals surface area (Å²) >= 11 is 0. The Bertz CT molecular complexity index is 1910. The molecule has 13 heteroatoms. The van der Waals surface area contributed by atoms with Crippen LogP contribution in [0.5, 0.6) is 0 Å². The number of ether oxygens (including phenoxy) is 6. The smallest absolute Gasteiger partial charge is 0.335 e. The number of benzene rings is 4. The van der Waals surface area contributed by atoms with Crippen LogP contribution in [0.15, 0.2) is 121 Å². The maximum absolute atomic E-state index is 13.2. The molecule has 4 aromatic carbocycles. The largest absolute Gasteiger partial charge is 0.414 e. The minimum atomic E-state index is -3.20. The topological polar surface area (TPSA) is 124 Å². The summed E-state index contributed by atoms with van der Waals surface area (Å²) in [4.78, 5) is 0.